The van der Waals surface area contributed by atoms with Gasteiger partial charge in [-0.1, -0.05) is 0 Å². The van der Waals surface area contributed by atoms with Gasteiger partial charge in [0.1, 0.15) is 0 Å². The molecule has 0 aromatic heterocycles. The molecule has 0 unspecified atom stereocenters. The van der Waals surface area contributed by atoms with Crippen LogP contribution in [0.5, 0.6) is 0 Å². The van der Waals surface area contributed by atoms with Crippen molar-refractivity contribution >= 4 is 6.16 Å². The number of hydrogen-bond donors (Lipinski definition) is 4. The normalized spacial score (nSPS) is 19.3. The van der Waals surface area contributed by atoms with Crippen LogP contribution in [0.3, 0.4) is 0 Å². The van der Waals surface area contributed by atoms with Crippen LogP contribution in [-0.2, 0) is 9.47 Å². The van der Waals surface area contributed by atoms with Crippen molar-refractivity contribution in [2.45, 2.75) is 12.5 Å². The lowest BCUT2D eigenvalue weighted by Crippen LogP contribution is -2.57. The Morgan fingerprint density at radius 3 is 2.20 bits per heavy atom. The van der Waals surface area contributed by atoms with Crippen molar-refractivity contribution < 1.29 is 29.6 Å². The fraction of sp³-hybridized carbons (Fsp3) is 0.667. The van der Waals surface area contributed by atoms with Crippen molar-refractivity contribution in [3.63, 3.8) is 0 Å². The molecule has 1 saturated heterocycles. The molecule has 58 valence electrons. The predicted molar refractivity (Wildman–Crippen MR) is 23.9 cm³/mol. The van der Waals surface area contributed by atoms with Crippen LogP contribution < -0.4 is 5.32 Å². The summed E-state index contributed by atoms with van der Waals surface area (Å²) < 4.78 is 8.13. The second kappa shape index (κ2) is 2.06. The largest absolute Gasteiger partial charge is 0.516 e. The molecule has 0 bridgehead atoms. The van der Waals surface area contributed by atoms with Crippen LogP contribution in [0, 0.1) is 0 Å². The van der Waals surface area contributed by atoms with Gasteiger partial charge in [0.15, 0.2) is 0 Å². The van der Waals surface area contributed by atoms with Gasteiger partial charge in [-0.15, -0.1) is 0 Å². The van der Waals surface area contributed by atoms with Crippen molar-refractivity contribution in [3.05, 3.63) is 0 Å². The zero-order valence-corrected chi connectivity index (χ0v) is 4.64. The number of hydrogen-bond acceptors (Lipinski definition) is 7. The first-order valence-corrected chi connectivity index (χ1v) is 2.29. The summed E-state index contributed by atoms with van der Waals surface area (Å²) in [5, 5.41) is 26.1. The van der Waals surface area contributed by atoms with Gasteiger partial charge >= 0.3 is 18.7 Å². The highest BCUT2D eigenvalue weighted by Crippen LogP contribution is 2.08. The van der Waals surface area contributed by atoms with E-state index in [2.05, 4.69) is 9.47 Å². The SMILES string of the molecule is O=C1OC(NC(O)(O)O)O1. The average molecular weight is 151 g/mol. The summed E-state index contributed by atoms with van der Waals surface area (Å²) in [4.78, 5) is 9.87. The third kappa shape index (κ3) is 1.81. The molecule has 10 heavy (non-hydrogen) atoms. The maximum absolute atomic E-state index is 9.87. The van der Waals surface area contributed by atoms with Crippen LogP contribution in [0.2, 0.25) is 0 Å². The topological polar surface area (TPSA) is 108 Å². The molecular weight excluding hydrogens is 146 g/mol. The van der Waals surface area contributed by atoms with Gasteiger partial charge in [-0.05, 0) is 0 Å². The van der Waals surface area contributed by atoms with Gasteiger partial charge in [0, 0.05) is 0 Å². The Morgan fingerprint density at radius 2 is 1.90 bits per heavy atom. The number of ether oxygens (including phenoxy) is 2. The zero-order chi connectivity index (χ0) is 7.78. The second-order valence-corrected chi connectivity index (χ2v) is 1.60. The highest BCUT2D eigenvalue weighted by Gasteiger charge is 2.36. The Bertz CT molecular complexity index is 142. The summed E-state index contributed by atoms with van der Waals surface area (Å²) in [6.07, 6.45) is -5.33. The Morgan fingerprint density at radius 1 is 1.40 bits per heavy atom. The third-order valence-corrected chi connectivity index (χ3v) is 0.718. The summed E-state index contributed by atoms with van der Waals surface area (Å²) in [6, 6.07) is 0. The van der Waals surface area contributed by atoms with E-state index >= 15 is 0 Å². The molecule has 1 aliphatic heterocycles. The number of carbonyl (C=O) groups excluding carboxylic acids is 1. The molecule has 4 N–H and O–H groups in total. The van der Waals surface area contributed by atoms with E-state index in [0.717, 1.165) is 0 Å². The molecular formula is C3H5NO6. The fourth-order valence-corrected chi connectivity index (χ4v) is 0.401. The Labute approximate surface area is 54.8 Å². The minimum absolute atomic E-state index is 0.943. The lowest BCUT2D eigenvalue weighted by molar-refractivity contribution is -0.369. The highest BCUT2D eigenvalue weighted by atomic mass is 16.9. The standard InChI is InChI=1S/C3H5NO6/c5-2-9-1(10-2)4-3(6,7)8/h1,4,6-8H. The van der Waals surface area contributed by atoms with E-state index in [1.807, 2.05) is 0 Å². The average Bonchev–Trinajstić information content (AvgIpc) is 1.57. The first-order chi connectivity index (χ1) is 4.47. The fourth-order valence-electron chi connectivity index (χ4n) is 0.401. The second-order valence-electron chi connectivity index (χ2n) is 1.60. The molecule has 1 rings (SSSR count). The zero-order valence-electron chi connectivity index (χ0n) is 4.64. The molecule has 0 saturated carbocycles. The predicted octanol–water partition coefficient (Wildman–Crippen LogP) is -2.39. The monoisotopic (exact) mass is 151 g/mol. The Balaban J connectivity index is 2.22. The van der Waals surface area contributed by atoms with Crippen molar-refractivity contribution in [3.8, 4) is 0 Å². The molecule has 1 fully saturated rings. The molecule has 0 amide bonds. The molecule has 0 atom stereocenters. The Hall–Kier alpha value is -0.890. The Kier molecular flexibility index (Phi) is 1.49. The van der Waals surface area contributed by atoms with Gasteiger partial charge in [-0.2, -0.15) is 5.32 Å². The van der Waals surface area contributed by atoms with E-state index in [-0.39, 0.29) is 0 Å². The minimum Gasteiger partial charge on any atom is -0.379 e. The number of nitrogens with one attached hydrogen (secondary N) is 1. The van der Waals surface area contributed by atoms with Gasteiger partial charge < -0.3 is 24.8 Å². The van der Waals surface area contributed by atoms with E-state index in [4.69, 9.17) is 15.3 Å². The van der Waals surface area contributed by atoms with Gasteiger partial charge in [0.2, 0.25) is 0 Å². The highest BCUT2D eigenvalue weighted by molar-refractivity contribution is 5.63. The number of rotatable bonds is 2. The van der Waals surface area contributed by atoms with Crippen molar-refractivity contribution in [1.29, 1.82) is 0 Å². The third-order valence-electron chi connectivity index (χ3n) is 0.718. The van der Waals surface area contributed by atoms with Crippen molar-refractivity contribution in [1.82, 2.24) is 5.32 Å². The first kappa shape index (κ1) is 7.22. The number of cyclic esters (lactones) is 2. The quantitative estimate of drug-likeness (QED) is 0.257. The molecule has 0 aromatic rings. The molecule has 0 radical (unpaired) electrons. The van der Waals surface area contributed by atoms with Gasteiger partial charge in [0.25, 0.3) is 0 Å². The molecule has 0 aromatic carbocycles. The van der Waals surface area contributed by atoms with Crippen LogP contribution in [0.1, 0.15) is 0 Å². The summed E-state index contributed by atoms with van der Waals surface area (Å²) in [5.74, 6) is 0. The van der Waals surface area contributed by atoms with E-state index in [9.17, 15) is 4.79 Å². The lowest BCUT2D eigenvalue weighted by Gasteiger charge is -2.28. The minimum atomic E-state index is -3.09. The smallest absolute Gasteiger partial charge is 0.379 e. The van der Waals surface area contributed by atoms with Crippen LogP contribution in [0.15, 0.2) is 0 Å². The summed E-state index contributed by atoms with van der Waals surface area (Å²) in [5.41, 5.74) is 0. The summed E-state index contributed by atoms with van der Waals surface area (Å²) in [6.45, 7) is 0. The maximum atomic E-state index is 9.87. The van der Waals surface area contributed by atoms with Crippen LogP contribution in [0.25, 0.3) is 0 Å². The molecule has 0 spiro atoms. The number of carbonyl (C=O) groups is 1. The van der Waals surface area contributed by atoms with Crippen molar-refractivity contribution in [2.75, 3.05) is 0 Å². The van der Waals surface area contributed by atoms with E-state index in [1.54, 1.807) is 5.32 Å². The molecule has 1 aliphatic rings. The lowest BCUT2D eigenvalue weighted by atomic mass is 10.8. The molecule has 0 aliphatic carbocycles. The van der Waals surface area contributed by atoms with Gasteiger partial charge in [0.05, 0.1) is 0 Å². The van der Waals surface area contributed by atoms with E-state index in [1.165, 1.54) is 0 Å². The maximum Gasteiger partial charge on any atom is 0.516 e. The van der Waals surface area contributed by atoms with Crippen molar-refractivity contribution in [2.24, 2.45) is 0 Å². The van der Waals surface area contributed by atoms with E-state index in [0.29, 0.717) is 0 Å². The van der Waals surface area contributed by atoms with Gasteiger partial charge in [-0.25, -0.2) is 4.79 Å². The van der Waals surface area contributed by atoms with Crippen LogP contribution in [-0.4, -0.2) is 34.0 Å². The van der Waals surface area contributed by atoms with Gasteiger partial charge in [-0.3, -0.25) is 0 Å². The van der Waals surface area contributed by atoms with Crippen LogP contribution >= 0.6 is 0 Å². The van der Waals surface area contributed by atoms with E-state index < -0.39 is 18.7 Å². The summed E-state index contributed by atoms with van der Waals surface area (Å²) >= 11 is 0. The molecule has 7 nitrogen and oxygen atoms in total. The number of aliphatic hydroxyl groups is 3. The molecule has 7 heteroatoms. The first-order valence-electron chi connectivity index (χ1n) is 2.29. The molecule has 1 heterocycles. The summed E-state index contributed by atoms with van der Waals surface area (Å²) in [7, 11) is 0. The van der Waals surface area contributed by atoms with Crippen LogP contribution in [0.4, 0.5) is 4.79 Å².